The fourth-order valence-corrected chi connectivity index (χ4v) is 2.44. The fourth-order valence-electron chi connectivity index (χ4n) is 2.44. The van der Waals surface area contributed by atoms with Crippen LogP contribution in [0.3, 0.4) is 0 Å². The van der Waals surface area contributed by atoms with Gasteiger partial charge in [0.25, 0.3) is 5.91 Å². The highest BCUT2D eigenvalue weighted by atomic mass is 19.2. The second-order valence-corrected chi connectivity index (χ2v) is 5.77. The molecule has 0 fully saturated rings. The number of para-hydroxylation sites is 2. The summed E-state index contributed by atoms with van der Waals surface area (Å²) in [6.07, 6.45) is -1.39. The van der Waals surface area contributed by atoms with Crippen molar-refractivity contribution in [3.8, 4) is 0 Å². The number of nitrogens with zero attached hydrogens (tertiary/aromatic N) is 1. The Morgan fingerprint density at radius 1 is 1.14 bits per heavy atom. The molecule has 0 unspecified atom stereocenters. The zero-order valence-electron chi connectivity index (χ0n) is 14.4. The van der Waals surface area contributed by atoms with E-state index in [1.165, 1.54) is 6.92 Å². The van der Waals surface area contributed by atoms with Crippen LogP contribution >= 0.6 is 0 Å². The maximum Gasteiger partial charge on any atom is 0.420 e. The molecule has 146 valence electrons. The molecule has 0 saturated heterocycles. The predicted octanol–water partition coefficient (Wildman–Crippen LogP) is 2.58. The summed E-state index contributed by atoms with van der Waals surface area (Å²) in [6.45, 7) is 0.675. The van der Waals surface area contributed by atoms with Gasteiger partial charge in [-0.15, -0.1) is 0 Å². The van der Waals surface area contributed by atoms with Crippen molar-refractivity contribution in [3.63, 3.8) is 0 Å². The number of ether oxygens (including phenoxy) is 1. The van der Waals surface area contributed by atoms with Crippen LogP contribution in [0.2, 0.25) is 0 Å². The number of amides is 1. The van der Waals surface area contributed by atoms with Gasteiger partial charge >= 0.3 is 11.7 Å². The molecule has 7 nitrogen and oxygen atoms in total. The van der Waals surface area contributed by atoms with E-state index in [4.69, 9.17) is 9.15 Å². The predicted molar refractivity (Wildman–Crippen MR) is 91.0 cm³/mol. The van der Waals surface area contributed by atoms with Crippen molar-refractivity contribution < 1.29 is 31.9 Å². The minimum absolute atomic E-state index is 0.278. The van der Waals surface area contributed by atoms with Gasteiger partial charge in [-0.1, -0.05) is 12.1 Å². The summed E-state index contributed by atoms with van der Waals surface area (Å²) in [5.74, 6) is -7.41. The van der Waals surface area contributed by atoms with Crippen molar-refractivity contribution in [1.29, 1.82) is 0 Å². The van der Waals surface area contributed by atoms with Gasteiger partial charge in [-0.05, 0) is 31.2 Å². The third-order valence-electron chi connectivity index (χ3n) is 3.83. The summed E-state index contributed by atoms with van der Waals surface area (Å²) in [6, 6.07) is 7.88. The molecule has 0 aliphatic heterocycles. The average molecular weight is 394 g/mol. The number of carbonyl (C=O) groups excluding carboxylic acids is 2. The Morgan fingerprint density at radius 2 is 1.86 bits per heavy atom. The molecule has 0 radical (unpaired) electrons. The summed E-state index contributed by atoms with van der Waals surface area (Å²) in [4.78, 5) is 35.9. The van der Waals surface area contributed by atoms with E-state index in [1.54, 1.807) is 24.3 Å². The summed E-state index contributed by atoms with van der Waals surface area (Å²) in [5.41, 5.74) is 0.0363. The highest BCUT2D eigenvalue weighted by Crippen LogP contribution is 2.20. The number of oxazole rings is 1. The van der Waals surface area contributed by atoms with Gasteiger partial charge in [0.1, 0.15) is 6.54 Å². The molecule has 0 spiro atoms. The monoisotopic (exact) mass is 394 g/mol. The first-order chi connectivity index (χ1) is 13.3. The van der Waals surface area contributed by atoms with Gasteiger partial charge in [-0.2, -0.15) is 0 Å². The molecular weight excluding hydrogens is 381 g/mol. The Labute approximate surface area is 155 Å². The van der Waals surface area contributed by atoms with Crippen molar-refractivity contribution >= 4 is 28.7 Å². The zero-order valence-corrected chi connectivity index (χ0v) is 14.4. The Morgan fingerprint density at radius 3 is 2.61 bits per heavy atom. The normalized spacial score (nSPS) is 12.0. The standard InChI is InChI=1S/C18H13F3N2O5/c1-9(17(25)22-11-7-6-10(19)15(20)16(11)21)27-14(24)8-23-12-4-2-3-5-13(12)28-18(23)26/h2-7,9H,8H2,1H3,(H,22,25)/t9-/m0/s1. The maximum absolute atomic E-state index is 13.6. The van der Waals surface area contributed by atoms with E-state index in [0.29, 0.717) is 11.6 Å². The molecule has 0 bridgehead atoms. The first-order valence-corrected chi connectivity index (χ1v) is 8.00. The molecule has 0 saturated carbocycles. The van der Waals surface area contributed by atoms with Crippen molar-refractivity contribution in [3.05, 3.63) is 64.4 Å². The van der Waals surface area contributed by atoms with Crippen molar-refractivity contribution in [2.24, 2.45) is 0 Å². The number of fused-ring (bicyclic) bond motifs is 1. The van der Waals surface area contributed by atoms with Crippen LogP contribution in [0.25, 0.3) is 11.1 Å². The molecule has 1 amide bonds. The molecule has 1 N–H and O–H groups in total. The summed E-state index contributed by atoms with van der Waals surface area (Å²) < 4.78 is 50.6. The summed E-state index contributed by atoms with van der Waals surface area (Å²) in [5, 5.41) is 2.00. The molecule has 1 aromatic heterocycles. The number of carbonyl (C=O) groups is 2. The average Bonchev–Trinajstić information content (AvgIpc) is 2.97. The lowest BCUT2D eigenvalue weighted by molar-refractivity contribution is -0.153. The lowest BCUT2D eigenvalue weighted by Gasteiger charge is -2.14. The Bertz CT molecular complexity index is 1120. The third-order valence-corrected chi connectivity index (χ3v) is 3.83. The third kappa shape index (κ3) is 3.75. The molecule has 1 atom stereocenters. The van der Waals surface area contributed by atoms with Crippen LogP contribution < -0.4 is 11.1 Å². The number of benzene rings is 2. The minimum atomic E-state index is -1.74. The van der Waals surface area contributed by atoms with E-state index in [2.05, 4.69) is 0 Å². The number of hydrogen-bond acceptors (Lipinski definition) is 5. The first kappa shape index (κ1) is 19.2. The van der Waals surface area contributed by atoms with E-state index in [1.807, 2.05) is 5.32 Å². The Kier molecular flexibility index (Phi) is 5.21. The number of anilines is 1. The van der Waals surface area contributed by atoms with Crippen molar-refractivity contribution in [1.82, 2.24) is 4.57 Å². The van der Waals surface area contributed by atoms with E-state index in [9.17, 15) is 27.6 Å². The lowest BCUT2D eigenvalue weighted by Crippen LogP contribution is -2.32. The van der Waals surface area contributed by atoms with Gasteiger partial charge < -0.3 is 14.5 Å². The van der Waals surface area contributed by atoms with E-state index in [0.717, 1.165) is 10.6 Å². The van der Waals surface area contributed by atoms with Crippen LogP contribution in [-0.2, 0) is 20.9 Å². The number of halogens is 3. The molecule has 1 heterocycles. The van der Waals surface area contributed by atoms with Crippen LogP contribution in [0.1, 0.15) is 6.92 Å². The topological polar surface area (TPSA) is 90.5 Å². The van der Waals surface area contributed by atoms with Gasteiger partial charge in [-0.25, -0.2) is 18.0 Å². The van der Waals surface area contributed by atoms with E-state index >= 15 is 0 Å². The number of aromatic nitrogens is 1. The van der Waals surface area contributed by atoms with Gasteiger partial charge in [0, 0.05) is 0 Å². The van der Waals surface area contributed by atoms with Crippen LogP contribution in [0, 0.1) is 17.5 Å². The first-order valence-electron chi connectivity index (χ1n) is 8.00. The smallest absolute Gasteiger partial charge is 0.420 e. The minimum Gasteiger partial charge on any atom is -0.451 e. The van der Waals surface area contributed by atoms with Crippen molar-refractivity contribution in [2.45, 2.75) is 19.6 Å². The molecule has 0 aliphatic carbocycles. The number of hydrogen-bond donors (Lipinski definition) is 1. The molecular formula is C18H13F3N2O5. The molecule has 3 rings (SSSR count). The van der Waals surface area contributed by atoms with Crippen LogP contribution in [0.15, 0.2) is 45.6 Å². The second kappa shape index (κ2) is 7.59. The lowest BCUT2D eigenvalue weighted by atomic mass is 10.2. The number of nitrogens with one attached hydrogen (secondary N) is 1. The Balaban J connectivity index is 1.67. The fraction of sp³-hybridized carbons (Fsp3) is 0.167. The summed E-state index contributed by atoms with van der Waals surface area (Å²) >= 11 is 0. The SMILES string of the molecule is C[C@H](OC(=O)Cn1c(=O)oc2ccccc21)C(=O)Nc1ccc(F)c(F)c1F. The summed E-state index contributed by atoms with van der Waals surface area (Å²) in [7, 11) is 0. The van der Waals surface area contributed by atoms with Gasteiger partial charge in [0.2, 0.25) is 0 Å². The molecule has 10 heteroatoms. The second-order valence-electron chi connectivity index (χ2n) is 5.77. The molecule has 3 aromatic rings. The van der Waals surface area contributed by atoms with E-state index in [-0.39, 0.29) is 5.58 Å². The maximum atomic E-state index is 13.6. The zero-order chi connectivity index (χ0) is 20.4. The molecule has 28 heavy (non-hydrogen) atoms. The Hall–Kier alpha value is -3.56. The highest BCUT2D eigenvalue weighted by molar-refractivity contribution is 5.95. The largest absolute Gasteiger partial charge is 0.451 e. The van der Waals surface area contributed by atoms with Gasteiger partial charge in [-0.3, -0.25) is 14.2 Å². The van der Waals surface area contributed by atoms with Crippen molar-refractivity contribution in [2.75, 3.05) is 5.32 Å². The van der Waals surface area contributed by atoms with Crippen LogP contribution in [-0.4, -0.2) is 22.5 Å². The van der Waals surface area contributed by atoms with Gasteiger partial charge in [0.05, 0.1) is 11.2 Å². The number of rotatable bonds is 5. The van der Waals surface area contributed by atoms with Gasteiger partial charge in [0.15, 0.2) is 29.1 Å². The quantitative estimate of drug-likeness (QED) is 0.531. The highest BCUT2D eigenvalue weighted by Gasteiger charge is 2.22. The van der Waals surface area contributed by atoms with Crippen LogP contribution in [0.4, 0.5) is 18.9 Å². The number of esters is 1. The van der Waals surface area contributed by atoms with Crippen LogP contribution in [0.5, 0.6) is 0 Å². The molecule has 2 aromatic carbocycles. The van der Waals surface area contributed by atoms with E-state index < -0.39 is 53.4 Å². The molecule has 0 aliphatic rings.